The van der Waals surface area contributed by atoms with Crippen LogP contribution in [0.4, 0.5) is 20.5 Å². The monoisotopic (exact) mass is 497 g/mol. The molecule has 4 heterocycles. The van der Waals surface area contributed by atoms with Crippen molar-refractivity contribution in [1.29, 1.82) is 0 Å². The standard InChI is InChI=1S/C24H29F2N9O/c1-13-29-20-17(34(13)12-18(25)26)8-14(11-28-20)16-6-7-35-19(16)21(27-3)31-23(32-35)30-15-9-24(2,10-15)22(36)33(4)5/h6-8,11,15,18H,9-10,12H2,1-5H3,(H2,27,30,31,32). The zero-order valence-electron chi connectivity index (χ0n) is 20.9. The molecule has 4 aromatic rings. The summed E-state index contributed by atoms with van der Waals surface area (Å²) >= 11 is 0. The molecular weight excluding hydrogens is 468 g/mol. The fraction of sp³-hybridized carbons (Fsp3) is 0.458. The van der Waals surface area contributed by atoms with Gasteiger partial charge in [0.25, 0.3) is 6.43 Å². The van der Waals surface area contributed by atoms with Gasteiger partial charge in [-0.1, -0.05) is 6.92 Å². The number of carbonyl (C=O) groups excluding carboxylic acids is 1. The fourth-order valence-electron chi connectivity index (χ4n) is 5.15. The molecule has 36 heavy (non-hydrogen) atoms. The molecule has 0 aromatic carbocycles. The largest absolute Gasteiger partial charge is 0.371 e. The molecule has 12 heteroatoms. The van der Waals surface area contributed by atoms with E-state index in [0.29, 0.717) is 41.6 Å². The van der Waals surface area contributed by atoms with Gasteiger partial charge in [-0.05, 0) is 31.9 Å². The Hall–Kier alpha value is -3.83. The number of hydrogen-bond acceptors (Lipinski definition) is 7. The van der Waals surface area contributed by atoms with E-state index in [9.17, 15) is 13.6 Å². The highest BCUT2D eigenvalue weighted by Crippen LogP contribution is 2.43. The van der Waals surface area contributed by atoms with E-state index in [1.165, 1.54) is 4.57 Å². The number of aryl methyl sites for hydroxylation is 1. The summed E-state index contributed by atoms with van der Waals surface area (Å²) in [5.74, 6) is 1.68. The number of carbonyl (C=O) groups is 1. The molecule has 0 radical (unpaired) electrons. The number of anilines is 2. The Bertz CT molecular complexity index is 1450. The molecule has 0 unspecified atom stereocenters. The lowest BCUT2D eigenvalue weighted by atomic mass is 9.66. The van der Waals surface area contributed by atoms with Gasteiger partial charge >= 0.3 is 0 Å². The molecule has 190 valence electrons. The van der Waals surface area contributed by atoms with Crippen molar-refractivity contribution in [3.05, 3.63) is 30.4 Å². The van der Waals surface area contributed by atoms with Crippen LogP contribution in [0.3, 0.4) is 0 Å². The number of fused-ring (bicyclic) bond motifs is 2. The van der Waals surface area contributed by atoms with Gasteiger partial charge in [0.1, 0.15) is 11.3 Å². The Labute approximate surface area is 206 Å². The number of hydrogen-bond donors (Lipinski definition) is 2. The molecular formula is C24H29F2N9O. The van der Waals surface area contributed by atoms with E-state index < -0.39 is 13.0 Å². The Balaban J connectivity index is 1.46. The molecule has 1 amide bonds. The first kappa shape index (κ1) is 23.9. The molecule has 5 rings (SSSR count). The van der Waals surface area contributed by atoms with E-state index >= 15 is 0 Å². The van der Waals surface area contributed by atoms with Crippen molar-refractivity contribution >= 4 is 34.4 Å². The Morgan fingerprint density at radius 1 is 1.31 bits per heavy atom. The third-order valence-electron chi connectivity index (χ3n) is 6.83. The third kappa shape index (κ3) is 3.99. The number of nitrogens with zero attached hydrogens (tertiary/aromatic N) is 7. The van der Waals surface area contributed by atoms with Crippen molar-refractivity contribution in [1.82, 2.24) is 34.0 Å². The fourth-order valence-corrected chi connectivity index (χ4v) is 5.15. The maximum Gasteiger partial charge on any atom is 0.256 e. The predicted molar refractivity (Wildman–Crippen MR) is 133 cm³/mol. The topological polar surface area (TPSA) is 105 Å². The molecule has 10 nitrogen and oxygen atoms in total. The summed E-state index contributed by atoms with van der Waals surface area (Å²) in [6.07, 6.45) is 2.41. The molecule has 0 bridgehead atoms. The van der Waals surface area contributed by atoms with Crippen LogP contribution in [0.25, 0.3) is 27.8 Å². The van der Waals surface area contributed by atoms with E-state index in [1.807, 2.05) is 25.3 Å². The minimum absolute atomic E-state index is 0.0982. The van der Waals surface area contributed by atoms with Gasteiger partial charge in [0.15, 0.2) is 11.5 Å². The summed E-state index contributed by atoms with van der Waals surface area (Å²) in [6.45, 7) is 3.23. The molecule has 0 aliphatic heterocycles. The summed E-state index contributed by atoms with van der Waals surface area (Å²) in [5.41, 5.74) is 2.90. The maximum absolute atomic E-state index is 13.1. The number of pyridine rings is 1. The van der Waals surface area contributed by atoms with Gasteiger partial charge in [0.05, 0.1) is 17.5 Å². The average molecular weight is 498 g/mol. The molecule has 0 atom stereocenters. The van der Waals surface area contributed by atoms with Crippen molar-refractivity contribution in [2.75, 3.05) is 31.8 Å². The first-order valence-electron chi connectivity index (χ1n) is 11.8. The maximum atomic E-state index is 13.1. The van der Waals surface area contributed by atoms with Gasteiger partial charge in [-0.25, -0.2) is 23.3 Å². The summed E-state index contributed by atoms with van der Waals surface area (Å²) in [4.78, 5) is 27.4. The predicted octanol–water partition coefficient (Wildman–Crippen LogP) is 3.43. The van der Waals surface area contributed by atoms with E-state index in [4.69, 9.17) is 0 Å². The van der Waals surface area contributed by atoms with Crippen molar-refractivity contribution in [3.63, 3.8) is 0 Å². The molecule has 0 saturated heterocycles. The second kappa shape index (κ2) is 8.68. The van der Waals surface area contributed by atoms with E-state index in [1.54, 1.807) is 43.7 Å². The van der Waals surface area contributed by atoms with Gasteiger partial charge in [-0.3, -0.25) is 4.79 Å². The second-order valence-corrected chi connectivity index (χ2v) is 9.79. The lowest BCUT2D eigenvalue weighted by molar-refractivity contribution is -0.143. The minimum atomic E-state index is -2.50. The van der Waals surface area contributed by atoms with Crippen LogP contribution >= 0.6 is 0 Å². The normalized spacial score (nSPS) is 19.6. The van der Waals surface area contributed by atoms with E-state index in [-0.39, 0.29) is 17.4 Å². The second-order valence-electron chi connectivity index (χ2n) is 9.79. The van der Waals surface area contributed by atoms with Gasteiger partial charge in [0.2, 0.25) is 11.9 Å². The zero-order valence-corrected chi connectivity index (χ0v) is 20.9. The highest BCUT2D eigenvalue weighted by molar-refractivity contribution is 5.91. The van der Waals surface area contributed by atoms with Crippen molar-refractivity contribution < 1.29 is 13.6 Å². The number of halogens is 2. The Morgan fingerprint density at radius 3 is 2.72 bits per heavy atom. The van der Waals surface area contributed by atoms with Crippen LogP contribution < -0.4 is 10.6 Å². The van der Waals surface area contributed by atoms with Gasteiger partial charge in [0, 0.05) is 50.7 Å². The van der Waals surface area contributed by atoms with Crippen LogP contribution in [-0.2, 0) is 11.3 Å². The third-order valence-corrected chi connectivity index (χ3v) is 6.83. The average Bonchev–Trinajstić information content (AvgIpc) is 3.37. The molecule has 1 saturated carbocycles. The van der Waals surface area contributed by atoms with Crippen LogP contribution in [0.1, 0.15) is 25.6 Å². The van der Waals surface area contributed by atoms with E-state index in [0.717, 1.165) is 16.6 Å². The smallest absolute Gasteiger partial charge is 0.256 e. The SMILES string of the molecule is CNc1nc(NC2CC(C)(C(=O)N(C)C)C2)nn2ccc(-c3cnc4nc(C)n(CC(F)F)c4c3)c12. The summed E-state index contributed by atoms with van der Waals surface area (Å²) < 4.78 is 29.5. The van der Waals surface area contributed by atoms with Crippen LogP contribution in [0.5, 0.6) is 0 Å². The molecule has 1 aliphatic rings. The Morgan fingerprint density at radius 2 is 2.06 bits per heavy atom. The zero-order chi connectivity index (χ0) is 25.8. The first-order chi connectivity index (χ1) is 17.1. The number of alkyl halides is 2. The summed E-state index contributed by atoms with van der Waals surface area (Å²) in [5, 5.41) is 11.1. The highest BCUT2D eigenvalue weighted by Gasteiger charge is 2.47. The summed E-state index contributed by atoms with van der Waals surface area (Å²) in [7, 11) is 5.33. The van der Waals surface area contributed by atoms with Gasteiger partial charge in [-0.15, -0.1) is 5.10 Å². The van der Waals surface area contributed by atoms with Crippen LogP contribution in [0, 0.1) is 12.3 Å². The van der Waals surface area contributed by atoms with Crippen LogP contribution in [0.2, 0.25) is 0 Å². The number of nitrogens with one attached hydrogen (secondary N) is 2. The quantitative estimate of drug-likeness (QED) is 0.403. The molecule has 1 aliphatic carbocycles. The molecule has 4 aromatic heterocycles. The Kier molecular flexibility index (Phi) is 5.76. The van der Waals surface area contributed by atoms with Gasteiger partial charge in [-0.2, -0.15) is 4.98 Å². The number of aromatic nitrogens is 6. The summed E-state index contributed by atoms with van der Waals surface area (Å²) in [6, 6.07) is 3.82. The number of rotatable bonds is 7. The molecule has 1 fully saturated rings. The van der Waals surface area contributed by atoms with Crippen molar-refractivity contribution in [2.24, 2.45) is 5.41 Å². The van der Waals surface area contributed by atoms with Crippen LogP contribution in [0.15, 0.2) is 24.5 Å². The van der Waals surface area contributed by atoms with Gasteiger partial charge < -0.3 is 20.1 Å². The van der Waals surface area contributed by atoms with Crippen LogP contribution in [-0.4, -0.2) is 73.6 Å². The first-order valence-corrected chi connectivity index (χ1v) is 11.8. The lowest BCUT2D eigenvalue weighted by Crippen LogP contribution is -2.52. The minimum Gasteiger partial charge on any atom is -0.371 e. The lowest BCUT2D eigenvalue weighted by Gasteiger charge is -2.45. The molecule has 2 N–H and O–H groups in total. The molecule has 0 spiro atoms. The van der Waals surface area contributed by atoms with Crippen molar-refractivity contribution in [3.8, 4) is 11.1 Å². The number of imidazole rings is 1. The number of amides is 1. The van der Waals surface area contributed by atoms with Crippen molar-refractivity contribution in [2.45, 2.75) is 45.7 Å². The highest BCUT2D eigenvalue weighted by atomic mass is 19.3. The van der Waals surface area contributed by atoms with E-state index in [2.05, 4.69) is 30.7 Å².